The minimum atomic E-state index is -0.250. The highest BCUT2D eigenvalue weighted by Crippen LogP contribution is 2.29. The van der Waals surface area contributed by atoms with Gasteiger partial charge in [0.1, 0.15) is 0 Å². The summed E-state index contributed by atoms with van der Waals surface area (Å²) in [6.45, 7) is 0. The van der Waals surface area contributed by atoms with Gasteiger partial charge in [0.25, 0.3) is 0 Å². The molecule has 0 spiro atoms. The molecule has 3 N–H and O–H groups in total. The van der Waals surface area contributed by atoms with Crippen molar-refractivity contribution in [1.82, 2.24) is 4.98 Å². The number of nitrogens with two attached hydrogens (primary N) is 1. The van der Waals surface area contributed by atoms with E-state index in [1.807, 2.05) is 12.1 Å². The molecule has 1 aliphatic carbocycles. The Bertz CT molecular complexity index is 323. The van der Waals surface area contributed by atoms with Crippen LogP contribution in [0.2, 0.25) is 0 Å². The standard InChI is InChI=1S/C12H18N2O/c13-12(6-2-1-3-7-12)9-11(15)10-5-4-8-14-10/h4-5,8,14H,1-3,6-7,9,13H2. The summed E-state index contributed by atoms with van der Waals surface area (Å²) in [5.74, 6) is 0.143. The largest absolute Gasteiger partial charge is 0.359 e. The van der Waals surface area contributed by atoms with Crippen molar-refractivity contribution in [3.05, 3.63) is 24.0 Å². The summed E-state index contributed by atoms with van der Waals surface area (Å²) in [4.78, 5) is 14.8. The summed E-state index contributed by atoms with van der Waals surface area (Å²) in [5, 5.41) is 0. The predicted octanol–water partition coefficient (Wildman–Crippen LogP) is 2.25. The molecule has 1 saturated carbocycles. The fourth-order valence-electron chi connectivity index (χ4n) is 2.35. The molecule has 1 heterocycles. The number of carbonyl (C=O) groups excluding carboxylic acids is 1. The van der Waals surface area contributed by atoms with E-state index in [2.05, 4.69) is 4.98 Å². The highest BCUT2D eigenvalue weighted by atomic mass is 16.1. The molecule has 1 aromatic heterocycles. The zero-order valence-corrected chi connectivity index (χ0v) is 8.96. The average molecular weight is 206 g/mol. The summed E-state index contributed by atoms with van der Waals surface area (Å²) in [5.41, 5.74) is 6.67. The number of carbonyl (C=O) groups is 1. The van der Waals surface area contributed by atoms with Gasteiger partial charge in [-0.15, -0.1) is 0 Å². The number of ketones is 1. The van der Waals surface area contributed by atoms with Gasteiger partial charge in [0.05, 0.1) is 5.69 Å². The molecule has 1 fully saturated rings. The van der Waals surface area contributed by atoms with Crippen LogP contribution in [-0.4, -0.2) is 16.3 Å². The van der Waals surface area contributed by atoms with Crippen LogP contribution in [0, 0.1) is 0 Å². The third kappa shape index (κ3) is 2.48. The van der Waals surface area contributed by atoms with Crippen LogP contribution in [0.4, 0.5) is 0 Å². The van der Waals surface area contributed by atoms with Gasteiger partial charge < -0.3 is 10.7 Å². The van der Waals surface area contributed by atoms with Gasteiger partial charge in [0.15, 0.2) is 5.78 Å². The average Bonchev–Trinajstić information content (AvgIpc) is 2.70. The van der Waals surface area contributed by atoms with Crippen LogP contribution >= 0.6 is 0 Å². The fraction of sp³-hybridized carbons (Fsp3) is 0.583. The highest BCUT2D eigenvalue weighted by Gasteiger charge is 2.30. The van der Waals surface area contributed by atoms with Crippen molar-refractivity contribution in [1.29, 1.82) is 0 Å². The molecule has 0 amide bonds. The Hall–Kier alpha value is -1.09. The van der Waals surface area contributed by atoms with E-state index in [9.17, 15) is 4.79 Å². The fourth-order valence-corrected chi connectivity index (χ4v) is 2.35. The Morgan fingerprint density at radius 3 is 2.73 bits per heavy atom. The molecule has 0 aliphatic heterocycles. The zero-order valence-electron chi connectivity index (χ0n) is 8.96. The van der Waals surface area contributed by atoms with Gasteiger partial charge in [0.2, 0.25) is 0 Å². The Kier molecular flexibility index (Phi) is 2.91. The molecule has 2 rings (SSSR count). The van der Waals surface area contributed by atoms with Crippen molar-refractivity contribution in [2.75, 3.05) is 0 Å². The normalized spacial score (nSPS) is 20.1. The summed E-state index contributed by atoms with van der Waals surface area (Å²) in [7, 11) is 0. The van der Waals surface area contributed by atoms with Crippen LogP contribution < -0.4 is 5.73 Å². The topological polar surface area (TPSA) is 58.9 Å². The van der Waals surface area contributed by atoms with Crippen LogP contribution in [0.1, 0.15) is 49.0 Å². The SMILES string of the molecule is NC1(CC(=O)c2ccc[nH]2)CCCCC1. The van der Waals surface area contributed by atoms with Gasteiger partial charge in [-0.2, -0.15) is 0 Å². The van der Waals surface area contributed by atoms with E-state index in [-0.39, 0.29) is 11.3 Å². The molecule has 0 aromatic carbocycles. The first-order valence-electron chi connectivity index (χ1n) is 5.65. The third-order valence-corrected chi connectivity index (χ3v) is 3.26. The maximum Gasteiger partial charge on any atom is 0.180 e. The zero-order chi connectivity index (χ0) is 10.7. The molecule has 3 nitrogen and oxygen atoms in total. The van der Waals surface area contributed by atoms with Crippen molar-refractivity contribution < 1.29 is 4.79 Å². The maximum absolute atomic E-state index is 11.9. The lowest BCUT2D eigenvalue weighted by Gasteiger charge is -2.32. The van der Waals surface area contributed by atoms with Gasteiger partial charge in [-0.1, -0.05) is 19.3 Å². The third-order valence-electron chi connectivity index (χ3n) is 3.26. The van der Waals surface area contributed by atoms with Gasteiger partial charge in [-0.25, -0.2) is 0 Å². The first kappa shape index (κ1) is 10.4. The van der Waals surface area contributed by atoms with Crippen LogP contribution in [0.25, 0.3) is 0 Å². The number of nitrogens with one attached hydrogen (secondary N) is 1. The van der Waals surface area contributed by atoms with Crippen LogP contribution in [0.15, 0.2) is 18.3 Å². The number of Topliss-reactive ketones (excluding diaryl/α,β-unsaturated/α-hetero) is 1. The number of rotatable bonds is 3. The van der Waals surface area contributed by atoms with E-state index in [0.29, 0.717) is 12.1 Å². The quantitative estimate of drug-likeness (QED) is 0.745. The van der Waals surface area contributed by atoms with Crippen LogP contribution in [0.5, 0.6) is 0 Å². The van der Waals surface area contributed by atoms with Gasteiger partial charge in [-0.3, -0.25) is 4.79 Å². The molecule has 15 heavy (non-hydrogen) atoms. The summed E-state index contributed by atoms with van der Waals surface area (Å²) >= 11 is 0. The number of aromatic amines is 1. The predicted molar refractivity (Wildman–Crippen MR) is 59.7 cm³/mol. The van der Waals surface area contributed by atoms with Crippen molar-refractivity contribution in [2.45, 2.75) is 44.1 Å². The van der Waals surface area contributed by atoms with Crippen molar-refractivity contribution in [3.8, 4) is 0 Å². The van der Waals surface area contributed by atoms with E-state index in [4.69, 9.17) is 5.73 Å². The van der Waals surface area contributed by atoms with Gasteiger partial charge in [0, 0.05) is 18.2 Å². The molecular weight excluding hydrogens is 188 g/mol. The lowest BCUT2D eigenvalue weighted by Crippen LogP contribution is -2.43. The molecule has 1 aromatic rings. The van der Waals surface area contributed by atoms with Crippen LogP contribution in [-0.2, 0) is 0 Å². The van der Waals surface area contributed by atoms with Gasteiger partial charge >= 0.3 is 0 Å². The first-order valence-corrected chi connectivity index (χ1v) is 5.65. The second-order valence-electron chi connectivity index (χ2n) is 4.61. The highest BCUT2D eigenvalue weighted by molar-refractivity contribution is 5.95. The molecule has 0 saturated heterocycles. The molecule has 0 bridgehead atoms. The molecule has 3 heteroatoms. The Balaban J connectivity index is 1.98. The lowest BCUT2D eigenvalue weighted by molar-refractivity contribution is 0.0930. The van der Waals surface area contributed by atoms with E-state index < -0.39 is 0 Å². The molecular formula is C12H18N2O. The minimum Gasteiger partial charge on any atom is -0.359 e. The molecule has 1 aliphatic rings. The van der Waals surface area contributed by atoms with Crippen LogP contribution in [0.3, 0.4) is 0 Å². The van der Waals surface area contributed by atoms with E-state index in [1.54, 1.807) is 6.20 Å². The van der Waals surface area contributed by atoms with E-state index >= 15 is 0 Å². The second kappa shape index (κ2) is 4.19. The monoisotopic (exact) mass is 206 g/mol. The second-order valence-corrected chi connectivity index (χ2v) is 4.61. The lowest BCUT2D eigenvalue weighted by atomic mass is 9.79. The van der Waals surface area contributed by atoms with E-state index in [1.165, 1.54) is 6.42 Å². The Labute approximate surface area is 90.1 Å². The number of H-pyrrole nitrogens is 1. The summed E-state index contributed by atoms with van der Waals surface area (Å²) in [6, 6.07) is 3.66. The number of hydrogen-bond acceptors (Lipinski definition) is 2. The van der Waals surface area contributed by atoms with Crippen molar-refractivity contribution in [3.63, 3.8) is 0 Å². The van der Waals surface area contributed by atoms with E-state index in [0.717, 1.165) is 25.7 Å². The summed E-state index contributed by atoms with van der Waals surface area (Å²) in [6.07, 6.45) is 7.81. The molecule has 82 valence electrons. The first-order chi connectivity index (χ1) is 7.20. The maximum atomic E-state index is 11.9. The summed E-state index contributed by atoms with van der Waals surface area (Å²) < 4.78 is 0. The molecule has 0 radical (unpaired) electrons. The molecule has 0 atom stereocenters. The Morgan fingerprint density at radius 2 is 2.13 bits per heavy atom. The Morgan fingerprint density at radius 1 is 1.40 bits per heavy atom. The number of aromatic nitrogens is 1. The smallest absolute Gasteiger partial charge is 0.180 e. The number of hydrogen-bond donors (Lipinski definition) is 2. The minimum absolute atomic E-state index is 0.143. The molecule has 0 unspecified atom stereocenters. The van der Waals surface area contributed by atoms with Crippen molar-refractivity contribution in [2.24, 2.45) is 5.73 Å². The van der Waals surface area contributed by atoms with Crippen molar-refractivity contribution >= 4 is 5.78 Å². The van der Waals surface area contributed by atoms with Gasteiger partial charge in [-0.05, 0) is 25.0 Å².